The Morgan fingerprint density at radius 3 is 2.71 bits per heavy atom. The normalized spacial score (nSPS) is 16.5. The number of aromatic nitrogens is 2. The van der Waals surface area contributed by atoms with Crippen molar-refractivity contribution in [3.8, 4) is 16.5 Å². The quantitative estimate of drug-likeness (QED) is 0.392. The number of nitrogens with zero attached hydrogens (tertiary/aromatic N) is 3. The van der Waals surface area contributed by atoms with Crippen molar-refractivity contribution in [2.45, 2.75) is 19.4 Å². The van der Waals surface area contributed by atoms with Crippen LogP contribution in [-0.4, -0.2) is 47.5 Å². The van der Waals surface area contributed by atoms with Gasteiger partial charge >= 0.3 is 0 Å². The molecular formula is C22H24N4O3S2. The molecule has 7 nitrogen and oxygen atoms in total. The smallest absolute Gasteiger partial charge is 0.258 e. The summed E-state index contributed by atoms with van der Waals surface area (Å²) in [5.41, 5.74) is 2.93. The maximum Gasteiger partial charge on any atom is 0.258 e. The molecule has 4 rings (SSSR count). The molecule has 9 heteroatoms. The van der Waals surface area contributed by atoms with Crippen LogP contribution in [0.3, 0.4) is 0 Å². The van der Waals surface area contributed by atoms with Gasteiger partial charge in [0.05, 0.1) is 23.6 Å². The molecule has 0 spiro atoms. The van der Waals surface area contributed by atoms with E-state index in [1.165, 1.54) is 0 Å². The van der Waals surface area contributed by atoms with Crippen LogP contribution >= 0.6 is 23.6 Å². The lowest BCUT2D eigenvalue weighted by molar-refractivity contribution is 0.188. The highest BCUT2D eigenvalue weighted by Gasteiger charge is 2.34. The second-order valence-corrected chi connectivity index (χ2v) is 8.39. The summed E-state index contributed by atoms with van der Waals surface area (Å²) in [6.07, 6.45) is 0.848. The van der Waals surface area contributed by atoms with Crippen LogP contribution < -0.4 is 10.1 Å². The number of rotatable bonds is 8. The van der Waals surface area contributed by atoms with Gasteiger partial charge in [-0.05, 0) is 54.7 Å². The van der Waals surface area contributed by atoms with Crippen LogP contribution in [0.15, 0.2) is 52.0 Å². The minimum Gasteiger partial charge on any atom is -0.497 e. The Labute approximate surface area is 190 Å². The molecule has 0 amide bonds. The molecule has 1 aromatic carbocycles. The van der Waals surface area contributed by atoms with Crippen LogP contribution in [0.25, 0.3) is 16.3 Å². The van der Waals surface area contributed by atoms with Gasteiger partial charge in [-0.2, -0.15) is 4.98 Å². The van der Waals surface area contributed by atoms with Crippen LogP contribution in [0, 0.1) is 0 Å². The zero-order valence-electron chi connectivity index (χ0n) is 17.6. The lowest BCUT2D eigenvalue weighted by Crippen LogP contribution is -2.46. The monoisotopic (exact) mass is 456 g/mol. The average molecular weight is 457 g/mol. The van der Waals surface area contributed by atoms with Gasteiger partial charge in [0.1, 0.15) is 5.75 Å². The molecule has 1 aliphatic heterocycles. The molecule has 0 fully saturated rings. The van der Waals surface area contributed by atoms with Crippen molar-refractivity contribution in [1.29, 1.82) is 0 Å². The Kier molecular flexibility index (Phi) is 6.64. The molecule has 3 aromatic rings. The van der Waals surface area contributed by atoms with Crippen LogP contribution in [0.2, 0.25) is 0 Å². The highest BCUT2D eigenvalue weighted by atomic mass is 32.1. The average Bonchev–Trinajstić information content (AvgIpc) is 3.48. The summed E-state index contributed by atoms with van der Waals surface area (Å²) in [5.74, 6) is 1.86. The van der Waals surface area contributed by atoms with Gasteiger partial charge in [0.25, 0.3) is 5.89 Å². The molecule has 1 N–H and O–H groups in total. The number of hydrogen-bond donors (Lipinski definition) is 1. The van der Waals surface area contributed by atoms with Gasteiger partial charge in [-0.25, -0.2) is 0 Å². The van der Waals surface area contributed by atoms with Crippen molar-refractivity contribution in [2.75, 3.05) is 27.4 Å². The first-order valence-corrected chi connectivity index (χ1v) is 11.2. The Bertz CT molecular complexity index is 1060. The Hall–Kier alpha value is -2.75. The van der Waals surface area contributed by atoms with Crippen molar-refractivity contribution in [3.63, 3.8) is 0 Å². The SMILES string of the molecule is COCCCN1C(=S)NC(c2ccc(OC)cc2)C(c2nc(-c3cccs3)no2)=C1C. The van der Waals surface area contributed by atoms with Crippen LogP contribution in [0.5, 0.6) is 5.75 Å². The summed E-state index contributed by atoms with van der Waals surface area (Å²) in [4.78, 5) is 7.74. The molecule has 1 atom stereocenters. The number of benzene rings is 1. The molecule has 0 saturated heterocycles. The van der Waals surface area contributed by atoms with Crippen LogP contribution in [0.4, 0.5) is 0 Å². The van der Waals surface area contributed by atoms with E-state index in [-0.39, 0.29) is 6.04 Å². The van der Waals surface area contributed by atoms with E-state index in [4.69, 9.17) is 31.2 Å². The minimum absolute atomic E-state index is 0.214. The molecule has 0 aliphatic carbocycles. The third kappa shape index (κ3) is 4.48. The fraction of sp³-hybridized carbons (Fsp3) is 0.318. The van der Waals surface area contributed by atoms with E-state index in [9.17, 15) is 0 Å². The maximum absolute atomic E-state index is 5.73. The lowest BCUT2D eigenvalue weighted by atomic mass is 9.94. The van der Waals surface area contributed by atoms with Gasteiger partial charge < -0.3 is 24.2 Å². The van der Waals surface area contributed by atoms with E-state index in [1.807, 2.05) is 48.7 Å². The van der Waals surface area contributed by atoms with Crippen LogP contribution in [0.1, 0.15) is 30.8 Å². The number of hydrogen-bond acceptors (Lipinski definition) is 7. The largest absolute Gasteiger partial charge is 0.497 e. The van der Waals surface area contributed by atoms with E-state index in [1.54, 1.807) is 25.6 Å². The third-order valence-electron chi connectivity index (χ3n) is 5.17. The van der Waals surface area contributed by atoms with Crippen LogP contribution in [-0.2, 0) is 4.74 Å². The number of ether oxygens (including phenoxy) is 2. The standard InChI is InChI=1S/C22H24N4O3S2/c1-14-18(21-24-20(25-29-21)17-6-4-13-31-17)19(15-7-9-16(28-3)10-8-15)23-22(30)26(14)11-5-12-27-2/h4,6-10,13,19H,5,11-12H2,1-3H3,(H,23,30). The van der Waals surface area contributed by atoms with Gasteiger partial charge in [0, 0.05) is 26.0 Å². The number of methoxy groups -OCH3 is 2. The second-order valence-electron chi connectivity index (χ2n) is 7.05. The number of thiocarbonyl (C=S) groups is 1. The molecule has 1 unspecified atom stereocenters. The topological polar surface area (TPSA) is 72.7 Å². The molecule has 0 radical (unpaired) electrons. The van der Waals surface area contributed by atoms with E-state index < -0.39 is 0 Å². The van der Waals surface area contributed by atoms with E-state index in [0.717, 1.165) is 40.4 Å². The van der Waals surface area contributed by atoms with Crippen molar-refractivity contribution >= 4 is 34.2 Å². The molecule has 3 heterocycles. The molecule has 31 heavy (non-hydrogen) atoms. The first-order chi connectivity index (χ1) is 15.1. The van der Waals surface area contributed by atoms with Gasteiger partial charge in [0.2, 0.25) is 5.82 Å². The fourth-order valence-electron chi connectivity index (χ4n) is 3.58. The maximum atomic E-state index is 5.73. The predicted octanol–water partition coefficient (Wildman–Crippen LogP) is 4.51. The number of allylic oxidation sites excluding steroid dienone is 1. The lowest BCUT2D eigenvalue weighted by Gasteiger charge is -2.37. The number of nitrogens with one attached hydrogen (secondary N) is 1. The predicted molar refractivity (Wildman–Crippen MR) is 125 cm³/mol. The van der Waals surface area contributed by atoms with E-state index in [0.29, 0.717) is 23.4 Å². The van der Waals surface area contributed by atoms with E-state index >= 15 is 0 Å². The van der Waals surface area contributed by atoms with Gasteiger partial charge in [-0.1, -0.05) is 23.4 Å². The minimum atomic E-state index is -0.214. The summed E-state index contributed by atoms with van der Waals surface area (Å²) < 4.78 is 16.3. The van der Waals surface area contributed by atoms with Crippen molar-refractivity contribution in [3.05, 3.63) is 58.9 Å². The Morgan fingerprint density at radius 2 is 2.03 bits per heavy atom. The summed E-state index contributed by atoms with van der Waals surface area (Å²) in [6, 6.07) is 11.6. The third-order valence-corrected chi connectivity index (χ3v) is 6.38. The highest BCUT2D eigenvalue weighted by Crippen LogP contribution is 2.38. The second kappa shape index (κ2) is 9.59. The first-order valence-electron chi connectivity index (χ1n) is 9.92. The molecule has 0 bridgehead atoms. The summed E-state index contributed by atoms with van der Waals surface area (Å²) in [6.45, 7) is 3.43. The molecule has 0 saturated carbocycles. The van der Waals surface area contributed by atoms with E-state index in [2.05, 4.69) is 15.4 Å². The Balaban J connectivity index is 1.75. The Morgan fingerprint density at radius 1 is 1.23 bits per heavy atom. The van der Waals surface area contributed by atoms with Gasteiger partial charge in [0.15, 0.2) is 5.11 Å². The first kappa shape index (κ1) is 21.5. The zero-order chi connectivity index (χ0) is 21.8. The summed E-state index contributed by atoms with van der Waals surface area (Å²) in [5, 5.41) is 10.3. The van der Waals surface area contributed by atoms with Crippen molar-refractivity contribution < 1.29 is 14.0 Å². The zero-order valence-corrected chi connectivity index (χ0v) is 19.3. The van der Waals surface area contributed by atoms with Crippen molar-refractivity contribution in [2.24, 2.45) is 0 Å². The molecular weight excluding hydrogens is 432 g/mol. The summed E-state index contributed by atoms with van der Waals surface area (Å²) >= 11 is 7.28. The molecule has 1 aliphatic rings. The number of thiophene rings is 1. The summed E-state index contributed by atoms with van der Waals surface area (Å²) in [7, 11) is 3.35. The fourth-order valence-corrected chi connectivity index (χ4v) is 4.58. The van der Waals surface area contributed by atoms with Gasteiger partial charge in [-0.3, -0.25) is 0 Å². The van der Waals surface area contributed by atoms with Crippen molar-refractivity contribution in [1.82, 2.24) is 20.4 Å². The van der Waals surface area contributed by atoms with Gasteiger partial charge in [-0.15, -0.1) is 11.3 Å². The molecule has 162 valence electrons. The molecule has 2 aromatic heterocycles. The highest BCUT2D eigenvalue weighted by molar-refractivity contribution is 7.80.